The van der Waals surface area contributed by atoms with Crippen molar-refractivity contribution in [3.05, 3.63) is 25.0 Å². The van der Waals surface area contributed by atoms with Crippen molar-refractivity contribution in [1.82, 2.24) is 0 Å². The maximum absolute atomic E-state index is 10.1. The molecule has 1 saturated heterocycles. The molecule has 1 rings (SSSR count). The summed E-state index contributed by atoms with van der Waals surface area (Å²) in [6.07, 6.45) is -0.316. The van der Waals surface area contributed by atoms with Crippen molar-refractivity contribution in [3.8, 4) is 0 Å². The second kappa shape index (κ2) is 10.8. The molecule has 1 aliphatic heterocycles. The highest BCUT2D eigenvalue weighted by Crippen LogP contribution is 2.05. The lowest BCUT2D eigenvalue weighted by Gasteiger charge is -1.86. The average molecular weight is 265 g/mol. The minimum absolute atomic E-state index is 0.196. The number of halogens is 1. The third-order valence-electron chi connectivity index (χ3n) is 1.10. The van der Waals surface area contributed by atoms with Gasteiger partial charge in [0.25, 0.3) is 0 Å². The molecule has 0 aliphatic carbocycles. The zero-order valence-electron chi connectivity index (χ0n) is 9.22. The van der Waals surface area contributed by atoms with E-state index < -0.39 is 18.0 Å². The van der Waals surface area contributed by atoms with E-state index in [1.165, 1.54) is 12.5 Å². The minimum Gasteiger partial charge on any atom is -0.435 e. The molecule has 0 saturated carbocycles. The van der Waals surface area contributed by atoms with Crippen LogP contribution in [-0.2, 0) is 23.9 Å². The van der Waals surface area contributed by atoms with Crippen molar-refractivity contribution < 1.29 is 29.0 Å². The topological polar surface area (TPSA) is 89.9 Å². The summed E-state index contributed by atoms with van der Waals surface area (Å²) in [4.78, 5) is 29.9. The second-order valence-electron chi connectivity index (χ2n) is 2.44. The first kappa shape index (κ1) is 17.7. The predicted octanol–water partition coefficient (Wildman–Crippen LogP) is 0.882. The maximum atomic E-state index is 10.1. The lowest BCUT2D eigenvalue weighted by atomic mass is 10.3. The first-order chi connectivity index (χ1) is 7.88. The summed E-state index contributed by atoms with van der Waals surface area (Å²) in [5, 5.41) is 8.47. The van der Waals surface area contributed by atoms with Gasteiger partial charge in [-0.15, -0.1) is 0 Å². The Labute approximate surface area is 103 Å². The number of ether oxygens (including phenoxy) is 2. The fourth-order valence-electron chi connectivity index (χ4n) is 0.580. The Kier molecular flexibility index (Phi) is 11.3. The smallest absolute Gasteiger partial charge is 0.343 e. The minimum atomic E-state index is -1.22. The molecule has 1 N–H and O–H groups in total. The molecule has 7 heteroatoms. The molecule has 1 atom stereocenters. The average Bonchev–Trinajstić information content (AvgIpc) is 2.45. The van der Waals surface area contributed by atoms with Gasteiger partial charge in [-0.2, -0.15) is 0 Å². The van der Waals surface area contributed by atoms with Crippen molar-refractivity contribution in [2.45, 2.75) is 19.4 Å². The normalized spacial score (nSPS) is 16.5. The third kappa shape index (κ3) is 12.3. The Morgan fingerprint density at radius 2 is 2.06 bits per heavy atom. The lowest BCUT2D eigenvalue weighted by Crippen LogP contribution is -2.11. The quantitative estimate of drug-likeness (QED) is 0.430. The fraction of sp³-hybridized carbons (Fsp3) is 0.300. The zero-order valence-corrected chi connectivity index (χ0v) is 9.98. The van der Waals surface area contributed by atoms with Gasteiger partial charge < -0.3 is 14.6 Å². The van der Waals surface area contributed by atoms with E-state index in [9.17, 15) is 14.4 Å². The number of rotatable bonds is 1. The molecule has 17 heavy (non-hydrogen) atoms. The Hall–Kier alpha value is -1.66. The molecule has 0 amide bonds. The van der Waals surface area contributed by atoms with Crippen LogP contribution in [-0.4, -0.2) is 29.1 Å². The molecular weight excluding hydrogens is 252 g/mol. The summed E-state index contributed by atoms with van der Waals surface area (Å²) in [6.45, 7) is 7.61. The van der Waals surface area contributed by atoms with Gasteiger partial charge in [0, 0.05) is 6.92 Å². The van der Waals surface area contributed by atoms with Gasteiger partial charge >= 0.3 is 17.9 Å². The summed E-state index contributed by atoms with van der Waals surface area (Å²) in [5.74, 6) is -1.82. The summed E-state index contributed by atoms with van der Waals surface area (Å²) in [7, 11) is 0. The van der Waals surface area contributed by atoms with E-state index >= 15 is 0 Å². The van der Waals surface area contributed by atoms with E-state index in [0.717, 1.165) is 6.26 Å². The Bertz CT molecular complexity index is 299. The molecule has 6 nitrogen and oxygen atoms in total. The van der Waals surface area contributed by atoms with Crippen LogP contribution >= 0.6 is 11.6 Å². The largest absolute Gasteiger partial charge is 0.435 e. The van der Waals surface area contributed by atoms with E-state index in [-0.39, 0.29) is 12.4 Å². The van der Waals surface area contributed by atoms with E-state index in [4.69, 9.17) is 16.7 Å². The van der Waals surface area contributed by atoms with Crippen molar-refractivity contribution >= 4 is 29.5 Å². The Balaban J connectivity index is 0. The Morgan fingerprint density at radius 1 is 1.59 bits per heavy atom. The number of carbonyl (C=O) groups excluding carboxylic acids is 3. The summed E-state index contributed by atoms with van der Waals surface area (Å²) < 4.78 is 8.11. The highest BCUT2D eigenvalue weighted by atomic mass is 35.5. The van der Waals surface area contributed by atoms with Crippen molar-refractivity contribution in [3.63, 3.8) is 0 Å². The zero-order chi connectivity index (χ0) is 13.8. The molecule has 1 aliphatic rings. The number of esters is 3. The molecule has 96 valence electrons. The van der Waals surface area contributed by atoms with E-state index in [0.29, 0.717) is 0 Å². The summed E-state index contributed by atoms with van der Waals surface area (Å²) >= 11 is 4.76. The van der Waals surface area contributed by atoms with Crippen molar-refractivity contribution in [1.29, 1.82) is 0 Å². The first-order valence-corrected chi connectivity index (χ1v) is 4.74. The van der Waals surface area contributed by atoms with Crippen LogP contribution in [0.15, 0.2) is 25.0 Å². The van der Waals surface area contributed by atoms with Gasteiger partial charge in [0.15, 0.2) is 6.10 Å². The van der Waals surface area contributed by atoms with Crippen LogP contribution in [0.5, 0.6) is 0 Å². The molecule has 1 fully saturated rings. The number of carbonyl (C=O) groups is 3. The fourth-order valence-corrected chi connectivity index (χ4v) is 0.580. The molecule has 1 heterocycles. The molecule has 0 spiro atoms. The van der Waals surface area contributed by atoms with Crippen molar-refractivity contribution in [2.24, 2.45) is 0 Å². The number of aliphatic hydroxyl groups excluding tert-OH is 1. The molecular formula is C10H13ClO6. The second-order valence-corrected chi connectivity index (χ2v) is 2.75. The van der Waals surface area contributed by atoms with Crippen LogP contribution in [0, 0.1) is 0 Å². The number of cyclic esters (lactones) is 2. The van der Waals surface area contributed by atoms with Gasteiger partial charge in [-0.1, -0.05) is 24.8 Å². The first-order valence-electron chi connectivity index (χ1n) is 4.30. The Morgan fingerprint density at radius 3 is 2.12 bits per heavy atom. The maximum Gasteiger partial charge on any atom is 0.343 e. The number of hydrogen-bond acceptors (Lipinski definition) is 6. The molecule has 0 bridgehead atoms. The standard InChI is InChI=1S/C4H4O4.C4H6O2.C2H3Cl/c5-2-1-3(6)8-4(2)7;1-3-6-4(2)5;1-2-3/h2,5H,1H2;3H,1H2,2H3;2H,1H2. The SMILES string of the molecule is C=CCl.C=COC(C)=O.O=C1CC(O)C(=O)O1. The number of aliphatic hydroxyl groups is 1. The van der Waals surface area contributed by atoms with Gasteiger partial charge in [0.2, 0.25) is 0 Å². The van der Waals surface area contributed by atoms with Gasteiger partial charge in [-0.3, -0.25) is 9.59 Å². The molecule has 0 radical (unpaired) electrons. The lowest BCUT2D eigenvalue weighted by molar-refractivity contribution is -0.154. The van der Waals surface area contributed by atoms with Gasteiger partial charge in [-0.05, 0) is 5.54 Å². The van der Waals surface area contributed by atoms with Gasteiger partial charge in [0.05, 0.1) is 12.7 Å². The van der Waals surface area contributed by atoms with Crippen LogP contribution in [0.1, 0.15) is 13.3 Å². The van der Waals surface area contributed by atoms with Crippen LogP contribution in [0.3, 0.4) is 0 Å². The van der Waals surface area contributed by atoms with E-state index in [1.807, 2.05) is 0 Å². The van der Waals surface area contributed by atoms with Crippen LogP contribution in [0.4, 0.5) is 0 Å². The highest BCUT2D eigenvalue weighted by Gasteiger charge is 2.30. The van der Waals surface area contributed by atoms with Gasteiger partial charge in [-0.25, -0.2) is 4.79 Å². The van der Waals surface area contributed by atoms with Crippen LogP contribution < -0.4 is 0 Å². The van der Waals surface area contributed by atoms with Crippen molar-refractivity contribution in [2.75, 3.05) is 0 Å². The van der Waals surface area contributed by atoms with Crippen LogP contribution in [0.25, 0.3) is 0 Å². The number of hydrogen-bond donors (Lipinski definition) is 1. The summed E-state index contributed by atoms with van der Waals surface area (Å²) in [5.41, 5.74) is 1.22. The van der Waals surface area contributed by atoms with E-state index in [1.54, 1.807) is 0 Å². The molecule has 0 aromatic heterocycles. The van der Waals surface area contributed by atoms with E-state index in [2.05, 4.69) is 22.6 Å². The molecule has 0 aromatic rings. The summed E-state index contributed by atoms with van der Waals surface area (Å²) in [6, 6.07) is 0. The van der Waals surface area contributed by atoms with Crippen LogP contribution in [0.2, 0.25) is 0 Å². The molecule has 1 unspecified atom stereocenters. The monoisotopic (exact) mass is 264 g/mol. The highest BCUT2D eigenvalue weighted by molar-refractivity contribution is 6.25. The predicted molar refractivity (Wildman–Crippen MR) is 59.7 cm³/mol. The van der Waals surface area contributed by atoms with Gasteiger partial charge in [0.1, 0.15) is 0 Å². The third-order valence-corrected chi connectivity index (χ3v) is 1.10. The molecule has 0 aromatic carbocycles.